The monoisotopic (exact) mass is 508 g/mol. The Hall–Kier alpha value is -3.99. The van der Waals surface area contributed by atoms with Crippen molar-refractivity contribution in [1.29, 1.82) is 0 Å². The lowest BCUT2D eigenvalue weighted by atomic mass is 9.98. The Morgan fingerprint density at radius 3 is 2.09 bits per heavy atom. The van der Waals surface area contributed by atoms with Gasteiger partial charge in [-0.3, -0.25) is 10.1 Å². The molecule has 1 aliphatic carbocycles. The molecule has 0 aromatic heterocycles. The van der Waals surface area contributed by atoms with E-state index in [0.717, 1.165) is 22.3 Å². The molecular formula is C26H18Cl2N2O5. The SMILES string of the molecule is O=C(O)C#CCNC(=O)c1cc(Cl)c(NC(=O)OCC2c3ccccc3-c3ccccc32)c(Cl)c1. The third-order valence-electron chi connectivity index (χ3n) is 5.41. The first kappa shape index (κ1) is 24.1. The van der Waals surface area contributed by atoms with Gasteiger partial charge in [0.1, 0.15) is 6.61 Å². The number of nitrogens with one attached hydrogen (secondary N) is 2. The minimum absolute atomic E-state index is 0.0350. The van der Waals surface area contributed by atoms with Crippen LogP contribution in [0.3, 0.4) is 0 Å². The Balaban J connectivity index is 1.41. The van der Waals surface area contributed by atoms with Gasteiger partial charge in [0.2, 0.25) is 0 Å². The molecular weight excluding hydrogens is 491 g/mol. The molecule has 4 rings (SSSR count). The van der Waals surface area contributed by atoms with Crippen LogP contribution in [0.4, 0.5) is 10.5 Å². The molecule has 176 valence electrons. The summed E-state index contributed by atoms with van der Waals surface area (Å²) < 4.78 is 5.51. The van der Waals surface area contributed by atoms with Crippen LogP contribution in [0.5, 0.6) is 0 Å². The van der Waals surface area contributed by atoms with E-state index in [9.17, 15) is 14.4 Å². The number of anilines is 1. The van der Waals surface area contributed by atoms with E-state index >= 15 is 0 Å². The first-order valence-corrected chi connectivity index (χ1v) is 11.2. The fourth-order valence-electron chi connectivity index (χ4n) is 3.91. The van der Waals surface area contributed by atoms with Gasteiger partial charge in [0.05, 0.1) is 22.3 Å². The van der Waals surface area contributed by atoms with Crippen molar-refractivity contribution in [2.45, 2.75) is 5.92 Å². The maximum atomic E-state index is 12.6. The third kappa shape index (κ3) is 5.40. The van der Waals surface area contributed by atoms with Gasteiger partial charge in [0, 0.05) is 17.4 Å². The van der Waals surface area contributed by atoms with Gasteiger partial charge in [-0.25, -0.2) is 9.59 Å². The number of aliphatic carboxylic acids is 1. The van der Waals surface area contributed by atoms with Crippen molar-refractivity contribution in [3.8, 4) is 23.0 Å². The van der Waals surface area contributed by atoms with Crippen LogP contribution in [0.1, 0.15) is 27.4 Å². The molecule has 0 atom stereocenters. The Bertz CT molecular complexity index is 1330. The van der Waals surface area contributed by atoms with Gasteiger partial charge in [-0.1, -0.05) is 77.7 Å². The zero-order valence-corrected chi connectivity index (χ0v) is 19.6. The van der Waals surface area contributed by atoms with E-state index in [1.165, 1.54) is 12.1 Å². The molecule has 0 radical (unpaired) electrons. The van der Waals surface area contributed by atoms with Gasteiger partial charge in [0.15, 0.2) is 0 Å². The number of fused-ring (bicyclic) bond motifs is 3. The van der Waals surface area contributed by atoms with Crippen molar-refractivity contribution in [1.82, 2.24) is 5.32 Å². The summed E-state index contributed by atoms with van der Waals surface area (Å²) in [6, 6.07) is 18.6. The average Bonchev–Trinajstić information content (AvgIpc) is 3.16. The summed E-state index contributed by atoms with van der Waals surface area (Å²) in [6.07, 6.45) is -0.739. The van der Waals surface area contributed by atoms with Crippen LogP contribution < -0.4 is 10.6 Å². The molecule has 0 unspecified atom stereocenters. The molecule has 0 spiro atoms. The van der Waals surface area contributed by atoms with Crippen LogP contribution >= 0.6 is 23.2 Å². The zero-order valence-electron chi connectivity index (χ0n) is 18.1. The van der Waals surface area contributed by atoms with E-state index in [4.69, 9.17) is 33.0 Å². The number of rotatable bonds is 5. The lowest BCUT2D eigenvalue weighted by Crippen LogP contribution is -2.24. The highest BCUT2D eigenvalue weighted by molar-refractivity contribution is 6.40. The van der Waals surface area contributed by atoms with E-state index in [1.807, 2.05) is 54.5 Å². The molecule has 0 saturated heterocycles. The first-order chi connectivity index (χ1) is 16.8. The molecule has 3 aromatic carbocycles. The molecule has 35 heavy (non-hydrogen) atoms. The number of carboxylic acid groups (broad SMARTS) is 1. The van der Waals surface area contributed by atoms with E-state index in [0.29, 0.717) is 0 Å². The Morgan fingerprint density at radius 2 is 1.51 bits per heavy atom. The van der Waals surface area contributed by atoms with Crippen LogP contribution in [0, 0.1) is 11.8 Å². The summed E-state index contributed by atoms with van der Waals surface area (Å²) in [5.41, 5.74) is 4.63. The predicted molar refractivity (Wildman–Crippen MR) is 133 cm³/mol. The topological polar surface area (TPSA) is 105 Å². The quantitative estimate of drug-likeness (QED) is 0.412. The van der Waals surface area contributed by atoms with Crippen molar-refractivity contribution in [2.24, 2.45) is 0 Å². The largest absolute Gasteiger partial charge is 0.472 e. The lowest BCUT2D eigenvalue weighted by Gasteiger charge is -2.16. The van der Waals surface area contributed by atoms with E-state index in [1.54, 1.807) is 0 Å². The number of ether oxygens (including phenoxy) is 1. The molecule has 3 N–H and O–H groups in total. The van der Waals surface area contributed by atoms with Crippen LogP contribution in [-0.4, -0.2) is 36.2 Å². The highest BCUT2D eigenvalue weighted by Crippen LogP contribution is 2.44. The number of carbonyl (C=O) groups excluding carboxylic acids is 2. The minimum atomic E-state index is -1.30. The second kappa shape index (κ2) is 10.5. The van der Waals surface area contributed by atoms with Gasteiger partial charge < -0.3 is 15.2 Å². The normalized spacial score (nSPS) is 11.5. The van der Waals surface area contributed by atoms with Gasteiger partial charge in [0.25, 0.3) is 5.91 Å². The van der Waals surface area contributed by atoms with Crippen LogP contribution in [0.25, 0.3) is 11.1 Å². The van der Waals surface area contributed by atoms with E-state index in [2.05, 4.69) is 16.6 Å². The van der Waals surface area contributed by atoms with Crippen molar-refractivity contribution < 1.29 is 24.2 Å². The van der Waals surface area contributed by atoms with Crippen molar-refractivity contribution in [2.75, 3.05) is 18.5 Å². The number of benzene rings is 3. The Morgan fingerprint density at radius 1 is 0.943 bits per heavy atom. The highest BCUT2D eigenvalue weighted by atomic mass is 35.5. The van der Waals surface area contributed by atoms with E-state index < -0.39 is 18.0 Å². The molecule has 2 amide bonds. The first-order valence-electron chi connectivity index (χ1n) is 10.5. The number of halogens is 2. The summed E-state index contributed by atoms with van der Waals surface area (Å²) in [6.45, 7) is -0.0485. The predicted octanol–water partition coefficient (Wildman–Crippen LogP) is 5.17. The third-order valence-corrected chi connectivity index (χ3v) is 6.00. The second-order valence-corrected chi connectivity index (χ2v) is 8.37. The summed E-state index contributed by atoms with van der Waals surface area (Å²) >= 11 is 12.5. The minimum Gasteiger partial charge on any atom is -0.472 e. The fraction of sp³-hybridized carbons (Fsp3) is 0.115. The van der Waals surface area contributed by atoms with Crippen LogP contribution in [0.2, 0.25) is 10.0 Å². The molecule has 0 fully saturated rings. The highest BCUT2D eigenvalue weighted by Gasteiger charge is 2.29. The smallest absolute Gasteiger partial charge is 0.411 e. The summed E-state index contributed by atoms with van der Waals surface area (Å²) in [5, 5.41) is 13.5. The lowest BCUT2D eigenvalue weighted by molar-refractivity contribution is -0.130. The van der Waals surface area contributed by atoms with Crippen molar-refractivity contribution in [3.63, 3.8) is 0 Å². The van der Waals surface area contributed by atoms with Gasteiger partial charge in [-0.15, -0.1) is 0 Å². The number of hydrogen-bond donors (Lipinski definition) is 3. The molecule has 0 bridgehead atoms. The molecule has 0 heterocycles. The van der Waals surface area contributed by atoms with Gasteiger partial charge in [-0.2, -0.15) is 0 Å². The van der Waals surface area contributed by atoms with E-state index in [-0.39, 0.29) is 40.4 Å². The summed E-state index contributed by atoms with van der Waals surface area (Å²) in [4.78, 5) is 35.2. The number of hydrogen-bond acceptors (Lipinski definition) is 4. The number of amides is 2. The molecule has 9 heteroatoms. The molecule has 3 aromatic rings. The van der Waals surface area contributed by atoms with Crippen molar-refractivity contribution >= 4 is 46.9 Å². The number of carboxylic acids is 1. The molecule has 7 nitrogen and oxygen atoms in total. The van der Waals surface area contributed by atoms with Crippen molar-refractivity contribution in [3.05, 3.63) is 87.4 Å². The standard InChI is InChI=1S/C26H18Cl2N2O5/c27-21-12-15(25(33)29-11-5-10-23(31)32)13-22(28)24(21)30-26(34)35-14-20-18-8-3-1-6-16(18)17-7-2-4-9-19(17)20/h1-4,6-9,12-13,20H,11,14H2,(H,29,33)(H,30,34)(H,31,32). The maximum absolute atomic E-state index is 12.6. The fourth-order valence-corrected chi connectivity index (χ4v) is 4.49. The molecule has 0 saturated carbocycles. The van der Waals surface area contributed by atoms with Gasteiger partial charge >= 0.3 is 12.1 Å². The molecule has 0 aliphatic heterocycles. The Kier molecular flexibility index (Phi) is 7.25. The summed E-state index contributed by atoms with van der Waals surface area (Å²) in [5.74, 6) is 2.21. The maximum Gasteiger partial charge on any atom is 0.411 e. The zero-order chi connectivity index (χ0) is 24.9. The average molecular weight is 509 g/mol. The molecule has 1 aliphatic rings. The summed E-state index contributed by atoms with van der Waals surface area (Å²) in [7, 11) is 0. The van der Waals surface area contributed by atoms with Gasteiger partial charge in [-0.05, 0) is 34.4 Å². The second-order valence-electron chi connectivity index (χ2n) is 7.56. The Labute approximate surface area is 211 Å². The van der Waals surface area contributed by atoms with Crippen LogP contribution in [0.15, 0.2) is 60.7 Å². The number of carbonyl (C=O) groups is 3. The van der Waals surface area contributed by atoms with Crippen LogP contribution in [-0.2, 0) is 9.53 Å².